The van der Waals surface area contributed by atoms with Crippen LogP contribution in [-0.2, 0) is 10.0 Å². The summed E-state index contributed by atoms with van der Waals surface area (Å²) in [6.07, 6.45) is 5.54. The fraction of sp³-hybridized carbons (Fsp3) is 0.917. The Morgan fingerprint density at radius 1 is 1.41 bits per heavy atom. The Labute approximate surface area is 104 Å². The first-order chi connectivity index (χ1) is 8.03. The third-order valence-electron chi connectivity index (χ3n) is 3.58. The molecule has 1 rings (SSSR count). The molecule has 17 heavy (non-hydrogen) atoms. The zero-order chi connectivity index (χ0) is 12.9. The van der Waals surface area contributed by atoms with E-state index in [9.17, 15) is 8.42 Å². The van der Waals surface area contributed by atoms with E-state index in [4.69, 9.17) is 5.26 Å². The molecule has 0 spiro atoms. The number of nitrogens with one attached hydrogen (secondary N) is 1. The monoisotopic (exact) mass is 258 g/mol. The average Bonchev–Trinajstić information content (AvgIpc) is 2.29. The fourth-order valence-electron chi connectivity index (χ4n) is 2.46. The molecule has 5 heteroatoms. The first kappa shape index (κ1) is 14.5. The summed E-state index contributed by atoms with van der Waals surface area (Å²) >= 11 is 0. The Hall–Kier alpha value is -0.600. The maximum absolute atomic E-state index is 11.9. The molecule has 1 saturated carbocycles. The quantitative estimate of drug-likeness (QED) is 0.821. The van der Waals surface area contributed by atoms with Crippen molar-refractivity contribution in [2.45, 2.75) is 63.7 Å². The smallest absolute Gasteiger partial charge is 0.211 e. The van der Waals surface area contributed by atoms with Crippen molar-refractivity contribution in [2.24, 2.45) is 5.92 Å². The van der Waals surface area contributed by atoms with Crippen molar-refractivity contribution in [3.05, 3.63) is 0 Å². The van der Waals surface area contributed by atoms with Crippen LogP contribution in [0.4, 0.5) is 0 Å². The largest absolute Gasteiger partial charge is 0.228 e. The van der Waals surface area contributed by atoms with Gasteiger partial charge in [0, 0.05) is 6.04 Å². The summed E-state index contributed by atoms with van der Waals surface area (Å²) < 4.78 is 26.6. The van der Waals surface area contributed by atoms with Gasteiger partial charge in [-0.05, 0) is 25.2 Å². The SMILES string of the molecule is CCC1CCCC(NS(=O)(=O)C(C#N)CC)C1. The molecule has 1 aliphatic rings. The number of nitriles is 1. The van der Waals surface area contributed by atoms with E-state index in [1.807, 2.05) is 6.07 Å². The second-order valence-corrected chi connectivity index (χ2v) is 6.72. The van der Waals surface area contributed by atoms with Crippen LogP contribution in [0.3, 0.4) is 0 Å². The van der Waals surface area contributed by atoms with Crippen molar-refractivity contribution in [2.75, 3.05) is 0 Å². The van der Waals surface area contributed by atoms with Crippen LogP contribution in [0.1, 0.15) is 52.4 Å². The van der Waals surface area contributed by atoms with Crippen LogP contribution in [0, 0.1) is 17.2 Å². The third kappa shape index (κ3) is 3.97. The lowest BCUT2D eigenvalue weighted by molar-refractivity contribution is 0.301. The summed E-state index contributed by atoms with van der Waals surface area (Å²) in [5.41, 5.74) is 0. The van der Waals surface area contributed by atoms with Crippen molar-refractivity contribution in [3.8, 4) is 6.07 Å². The van der Waals surface area contributed by atoms with Gasteiger partial charge >= 0.3 is 0 Å². The van der Waals surface area contributed by atoms with E-state index in [2.05, 4.69) is 11.6 Å². The molecular weight excluding hydrogens is 236 g/mol. The van der Waals surface area contributed by atoms with Crippen LogP contribution in [-0.4, -0.2) is 19.7 Å². The molecule has 0 aromatic heterocycles. The van der Waals surface area contributed by atoms with Gasteiger partial charge in [0.15, 0.2) is 5.25 Å². The van der Waals surface area contributed by atoms with Gasteiger partial charge in [-0.1, -0.05) is 33.1 Å². The van der Waals surface area contributed by atoms with Gasteiger partial charge in [0.05, 0.1) is 6.07 Å². The highest BCUT2D eigenvalue weighted by atomic mass is 32.2. The number of hydrogen-bond donors (Lipinski definition) is 1. The van der Waals surface area contributed by atoms with E-state index < -0.39 is 15.3 Å². The van der Waals surface area contributed by atoms with Gasteiger partial charge in [-0.2, -0.15) is 5.26 Å². The number of hydrogen-bond acceptors (Lipinski definition) is 3. The summed E-state index contributed by atoms with van der Waals surface area (Å²) in [6, 6.07) is 1.89. The molecule has 0 amide bonds. The topological polar surface area (TPSA) is 70.0 Å². The molecule has 0 aromatic carbocycles. The zero-order valence-electron chi connectivity index (χ0n) is 10.6. The highest BCUT2D eigenvalue weighted by Gasteiger charge is 2.29. The van der Waals surface area contributed by atoms with Crippen LogP contribution < -0.4 is 4.72 Å². The minimum Gasteiger partial charge on any atom is -0.211 e. The maximum Gasteiger partial charge on any atom is 0.228 e. The van der Waals surface area contributed by atoms with Gasteiger partial charge in [0.1, 0.15) is 0 Å². The van der Waals surface area contributed by atoms with Gasteiger partial charge in [-0.25, -0.2) is 13.1 Å². The number of nitrogens with zero attached hydrogens (tertiary/aromatic N) is 1. The molecule has 0 aromatic rings. The van der Waals surface area contributed by atoms with E-state index in [0.717, 1.165) is 25.7 Å². The normalized spacial score (nSPS) is 27.4. The van der Waals surface area contributed by atoms with Crippen LogP contribution >= 0.6 is 0 Å². The predicted molar refractivity (Wildman–Crippen MR) is 67.8 cm³/mol. The number of rotatable bonds is 5. The Kier molecular flexibility index (Phi) is 5.41. The lowest BCUT2D eigenvalue weighted by atomic mass is 9.85. The van der Waals surface area contributed by atoms with Gasteiger partial charge < -0.3 is 0 Å². The zero-order valence-corrected chi connectivity index (χ0v) is 11.5. The lowest BCUT2D eigenvalue weighted by Crippen LogP contribution is -2.42. The molecule has 0 radical (unpaired) electrons. The minimum absolute atomic E-state index is 0.0288. The highest BCUT2D eigenvalue weighted by molar-refractivity contribution is 7.90. The minimum atomic E-state index is -3.46. The van der Waals surface area contributed by atoms with Gasteiger partial charge in [0.2, 0.25) is 10.0 Å². The molecule has 0 aliphatic heterocycles. The average molecular weight is 258 g/mol. The summed E-state index contributed by atoms with van der Waals surface area (Å²) in [5.74, 6) is 0.624. The molecule has 3 atom stereocenters. The summed E-state index contributed by atoms with van der Waals surface area (Å²) in [4.78, 5) is 0. The van der Waals surface area contributed by atoms with Gasteiger partial charge in [-0.3, -0.25) is 0 Å². The summed E-state index contributed by atoms with van der Waals surface area (Å²) in [7, 11) is -3.46. The molecule has 98 valence electrons. The van der Waals surface area contributed by atoms with E-state index in [1.165, 1.54) is 6.42 Å². The molecule has 0 saturated heterocycles. The fourth-order valence-corrected chi connectivity index (χ4v) is 3.88. The molecule has 1 fully saturated rings. The second-order valence-electron chi connectivity index (χ2n) is 4.83. The molecule has 0 bridgehead atoms. The van der Waals surface area contributed by atoms with Crippen molar-refractivity contribution in [3.63, 3.8) is 0 Å². The van der Waals surface area contributed by atoms with E-state index in [0.29, 0.717) is 12.3 Å². The standard InChI is InChI=1S/C12H22N2O2S/c1-3-10-6-5-7-11(8-10)14-17(15,16)12(4-2)9-13/h10-12,14H,3-8H2,1-2H3. The highest BCUT2D eigenvalue weighted by Crippen LogP contribution is 2.27. The Balaban J connectivity index is 2.62. The molecular formula is C12H22N2O2S. The van der Waals surface area contributed by atoms with Crippen LogP contribution in [0.15, 0.2) is 0 Å². The van der Waals surface area contributed by atoms with Crippen LogP contribution in [0.2, 0.25) is 0 Å². The van der Waals surface area contributed by atoms with E-state index in [1.54, 1.807) is 6.92 Å². The van der Waals surface area contributed by atoms with E-state index >= 15 is 0 Å². The van der Waals surface area contributed by atoms with Crippen LogP contribution in [0.5, 0.6) is 0 Å². The Bertz CT molecular complexity index is 372. The molecule has 1 N–H and O–H groups in total. The number of sulfonamides is 1. The van der Waals surface area contributed by atoms with Gasteiger partial charge in [0.25, 0.3) is 0 Å². The predicted octanol–water partition coefficient (Wildman–Crippen LogP) is 2.18. The maximum atomic E-state index is 11.9. The summed E-state index contributed by atoms with van der Waals surface area (Å²) in [6.45, 7) is 3.87. The van der Waals surface area contributed by atoms with Crippen molar-refractivity contribution in [1.29, 1.82) is 5.26 Å². The third-order valence-corrected chi connectivity index (χ3v) is 5.43. The molecule has 0 heterocycles. The van der Waals surface area contributed by atoms with Crippen molar-refractivity contribution >= 4 is 10.0 Å². The Morgan fingerprint density at radius 3 is 2.65 bits per heavy atom. The molecule has 1 aliphatic carbocycles. The lowest BCUT2D eigenvalue weighted by Gasteiger charge is -2.29. The van der Waals surface area contributed by atoms with Gasteiger partial charge in [-0.15, -0.1) is 0 Å². The molecule has 4 nitrogen and oxygen atoms in total. The molecule has 3 unspecified atom stereocenters. The van der Waals surface area contributed by atoms with Crippen LogP contribution in [0.25, 0.3) is 0 Å². The van der Waals surface area contributed by atoms with E-state index in [-0.39, 0.29) is 6.04 Å². The second kappa shape index (κ2) is 6.36. The van der Waals surface area contributed by atoms with Crippen molar-refractivity contribution in [1.82, 2.24) is 4.72 Å². The summed E-state index contributed by atoms with van der Waals surface area (Å²) in [5, 5.41) is 7.91. The first-order valence-electron chi connectivity index (χ1n) is 6.44. The first-order valence-corrected chi connectivity index (χ1v) is 7.98. The van der Waals surface area contributed by atoms with Crippen molar-refractivity contribution < 1.29 is 8.42 Å². The Morgan fingerprint density at radius 2 is 2.12 bits per heavy atom.